The average molecular weight is 251 g/mol. The van der Waals surface area contributed by atoms with Crippen molar-refractivity contribution >= 4 is 18.3 Å². The van der Waals surface area contributed by atoms with Crippen LogP contribution in [0.1, 0.15) is 52.9 Å². The molecular weight excluding hydrogens is 224 g/mol. The molecule has 3 nitrogen and oxygen atoms in total. The van der Waals surface area contributed by atoms with Crippen LogP contribution in [-0.4, -0.2) is 18.5 Å². The molecule has 0 aliphatic heterocycles. The third-order valence-electron chi connectivity index (χ3n) is 2.43. The van der Waals surface area contributed by atoms with Gasteiger partial charge in [-0.15, -0.1) is 12.4 Å². The molecule has 3 N–H and O–H groups in total. The Morgan fingerprint density at radius 3 is 2.31 bits per heavy atom. The van der Waals surface area contributed by atoms with E-state index in [9.17, 15) is 4.79 Å². The maximum absolute atomic E-state index is 11.3. The van der Waals surface area contributed by atoms with Gasteiger partial charge >= 0.3 is 0 Å². The molecule has 0 fully saturated rings. The highest BCUT2D eigenvalue weighted by Crippen LogP contribution is 2.08. The molecule has 0 aromatic heterocycles. The van der Waals surface area contributed by atoms with Crippen molar-refractivity contribution in [3.8, 4) is 0 Å². The van der Waals surface area contributed by atoms with E-state index in [4.69, 9.17) is 5.73 Å². The van der Waals surface area contributed by atoms with Crippen LogP contribution in [0.2, 0.25) is 0 Å². The van der Waals surface area contributed by atoms with Gasteiger partial charge in [0.2, 0.25) is 5.91 Å². The molecule has 0 saturated heterocycles. The molecule has 0 bridgehead atoms. The van der Waals surface area contributed by atoms with E-state index in [1.54, 1.807) is 0 Å². The van der Waals surface area contributed by atoms with Crippen LogP contribution in [0.5, 0.6) is 0 Å². The Bertz CT molecular complexity index is 174. The van der Waals surface area contributed by atoms with Gasteiger partial charge in [0.15, 0.2) is 0 Å². The highest BCUT2D eigenvalue weighted by molar-refractivity contribution is 5.85. The fourth-order valence-corrected chi connectivity index (χ4v) is 1.51. The zero-order chi connectivity index (χ0) is 11.7. The first-order valence-corrected chi connectivity index (χ1v) is 6.05. The summed E-state index contributed by atoms with van der Waals surface area (Å²) in [4.78, 5) is 11.3. The minimum atomic E-state index is 0. The van der Waals surface area contributed by atoms with Crippen LogP contribution in [0.25, 0.3) is 0 Å². The van der Waals surface area contributed by atoms with Crippen molar-refractivity contribution in [3.63, 3.8) is 0 Å². The number of halogens is 1. The maximum Gasteiger partial charge on any atom is 0.220 e. The molecular formula is C12H27ClN2O. The van der Waals surface area contributed by atoms with Gasteiger partial charge in [-0.3, -0.25) is 4.79 Å². The largest absolute Gasteiger partial charge is 0.354 e. The lowest BCUT2D eigenvalue weighted by atomic mass is 10.0. The predicted molar refractivity (Wildman–Crippen MR) is 71.8 cm³/mol. The molecule has 1 atom stereocenters. The fraction of sp³-hybridized carbons (Fsp3) is 0.917. The highest BCUT2D eigenvalue weighted by atomic mass is 35.5. The number of hydrogen-bond donors (Lipinski definition) is 2. The van der Waals surface area contributed by atoms with E-state index >= 15 is 0 Å². The lowest BCUT2D eigenvalue weighted by Gasteiger charge is -2.14. The van der Waals surface area contributed by atoms with Crippen LogP contribution in [0, 0.1) is 5.92 Å². The molecule has 16 heavy (non-hydrogen) atoms. The molecule has 0 aliphatic rings. The van der Waals surface area contributed by atoms with Gasteiger partial charge in [0.05, 0.1) is 0 Å². The lowest BCUT2D eigenvalue weighted by Crippen LogP contribution is -2.32. The summed E-state index contributed by atoms with van der Waals surface area (Å²) in [5.41, 5.74) is 5.34. The SMILES string of the molecule is CC(C)CCCC(C)NC(=O)CCCN.Cl. The fourth-order valence-electron chi connectivity index (χ4n) is 1.51. The van der Waals surface area contributed by atoms with Crippen molar-refractivity contribution in [2.45, 2.75) is 58.9 Å². The van der Waals surface area contributed by atoms with Gasteiger partial charge in [0.1, 0.15) is 0 Å². The van der Waals surface area contributed by atoms with Gasteiger partial charge in [0.25, 0.3) is 0 Å². The number of nitrogens with one attached hydrogen (secondary N) is 1. The molecule has 0 spiro atoms. The van der Waals surface area contributed by atoms with Crippen LogP contribution in [0.3, 0.4) is 0 Å². The first-order chi connectivity index (χ1) is 7.06. The first-order valence-electron chi connectivity index (χ1n) is 6.05. The second kappa shape index (κ2) is 11.2. The van der Waals surface area contributed by atoms with E-state index in [2.05, 4.69) is 26.1 Å². The summed E-state index contributed by atoms with van der Waals surface area (Å²) >= 11 is 0. The van der Waals surface area contributed by atoms with Crippen LogP contribution in [-0.2, 0) is 4.79 Å². The Hall–Kier alpha value is -0.280. The van der Waals surface area contributed by atoms with Crippen molar-refractivity contribution in [2.24, 2.45) is 11.7 Å². The van der Waals surface area contributed by atoms with E-state index in [0.29, 0.717) is 19.0 Å². The summed E-state index contributed by atoms with van der Waals surface area (Å²) in [5.74, 6) is 0.891. The molecule has 0 saturated carbocycles. The third-order valence-corrected chi connectivity index (χ3v) is 2.43. The average Bonchev–Trinajstić information content (AvgIpc) is 2.14. The summed E-state index contributed by atoms with van der Waals surface area (Å²) in [6.07, 6.45) is 4.85. The quantitative estimate of drug-likeness (QED) is 0.696. The van der Waals surface area contributed by atoms with Gasteiger partial charge in [-0.05, 0) is 32.2 Å². The summed E-state index contributed by atoms with van der Waals surface area (Å²) < 4.78 is 0. The molecule has 0 radical (unpaired) electrons. The van der Waals surface area contributed by atoms with Crippen molar-refractivity contribution in [3.05, 3.63) is 0 Å². The standard InChI is InChI=1S/C12H26N2O.ClH/c1-10(2)6-4-7-11(3)14-12(15)8-5-9-13;/h10-11H,4-9,13H2,1-3H3,(H,14,15);1H. The minimum absolute atomic E-state index is 0. The molecule has 4 heteroatoms. The number of carbonyl (C=O) groups is 1. The number of nitrogens with two attached hydrogens (primary N) is 1. The molecule has 0 aromatic carbocycles. The molecule has 1 unspecified atom stereocenters. The smallest absolute Gasteiger partial charge is 0.220 e. The first kappa shape index (κ1) is 18.1. The monoisotopic (exact) mass is 250 g/mol. The zero-order valence-electron chi connectivity index (χ0n) is 10.8. The van der Waals surface area contributed by atoms with Crippen molar-refractivity contribution in [2.75, 3.05) is 6.54 Å². The Morgan fingerprint density at radius 2 is 1.81 bits per heavy atom. The topological polar surface area (TPSA) is 55.1 Å². The van der Waals surface area contributed by atoms with Crippen LogP contribution >= 0.6 is 12.4 Å². The van der Waals surface area contributed by atoms with Crippen molar-refractivity contribution < 1.29 is 4.79 Å². The van der Waals surface area contributed by atoms with Crippen LogP contribution in [0.4, 0.5) is 0 Å². The molecule has 0 heterocycles. The summed E-state index contributed by atoms with van der Waals surface area (Å²) in [6.45, 7) is 7.12. The molecule has 0 rings (SSSR count). The molecule has 0 aliphatic carbocycles. The Kier molecular flexibility index (Phi) is 12.7. The van der Waals surface area contributed by atoms with E-state index in [-0.39, 0.29) is 18.3 Å². The Balaban J connectivity index is 0. The number of amides is 1. The van der Waals surface area contributed by atoms with Crippen LogP contribution in [0.15, 0.2) is 0 Å². The maximum atomic E-state index is 11.3. The summed E-state index contributed by atoms with van der Waals surface area (Å²) in [7, 11) is 0. The van der Waals surface area contributed by atoms with Gasteiger partial charge in [-0.2, -0.15) is 0 Å². The van der Waals surface area contributed by atoms with Crippen LogP contribution < -0.4 is 11.1 Å². The third kappa shape index (κ3) is 11.8. The second-order valence-corrected chi connectivity index (χ2v) is 4.69. The van der Waals surface area contributed by atoms with E-state index in [0.717, 1.165) is 18.8 Å². The van der Waals surface area contributed by atoms with Gasteiger partial charge < -0.3 is 11.1 Å². The highest BCUT2D eigenvalue weighted by Gasteiger charge is 2.06. The lowest BCUT2D eigenvalue weighted by molar-refractivity contribution is -0.121. The van der Waals surface area contributed by atoms with Gasteiger partial charge in [0, 0.05) is 12.5 Å². The number of rotatable bonds is 8. The van der Waals surface area contributed by atoms with E-state index < -0.39 is 0 Å². The van der Waals surface area contributed by atoms with Crippen molar-refractivity contribution in [1.82, 2.24) is 5.32 Å². The zero-order valence-corrected chi connectivity index (χ0v) is 11.6. The van der Waals surface area contributed by atoms with E-state index in [1.807, 2.05) is 0 Å². The van der Waals surface area contributed by atoms with Crippen molar-refractivity contribution in [1.29, 1.82) is 0 Å². The summed E-state index contributed by atoms with van der Waals surface area (Å²) in [6, 6.07) is 0.300. The molecule has 1 amide bonds. The van der Waals surface area contributed by atoms with Gasteiger partial charge in [-0.1, -0.05) is 26.7 Å². The predicted octanol–water partition coefficient (Wildman–Crippen LogP) is 2.48. The van der Waals surface area contributed by atoms with E-state index in [1.165, 1.54) is 12.8 Å². The molecule has 0 aromatic rings. The number of hydrogen-bond acceptors (Lipinski definition) is 2. The molecule has 98 valence electrons. The van der Waals surface area contributed by atoms with Gasteiger partial charge in [-0.25, -0.2) is 0 Å². The Labute approximate surface area is 106 Å². The number of carbonyl (C=O) groups excluding carboxylic acids is 1. The Morgan fingerprint density at radius 1 is 1.19 bits per heavy atom. The summed E-state index contributed by atoms with van der Waals surface area (Å²) in [5, 5.41) is 2.99. The minimum Gasteiger partial charge on any atom is -0.354 e. The second-order valence-electron chi connectivity index (χ2n) is 4.69. The normalized spacial score (nSPS) is 12.1.